The zero-order chi connectivity index (χ0) is 24.0. The van der Waals surface area contributed by atoms with Crippen molar-refractivity contribution in [2.45, 2.75) is 46.1 Å². The number of hydrogen-bond donors (Lipinski definition) is 2. The first-order valence-electron chi connectivity index (χ1n) is 11.5. The number of aromatic nitrogens is 2. The second-order valence-corrected chi connectivity index (χ2v) is 9.25. The molecule has 2 N–H and O–H groups in total. The number of rotatable bonds is 5. The Labute approximate surface area is 198 Å². The van der Waals surface area contributed by atoms with Gasteiger partial charge in [0.2, 0.25) is 11.9 Å². The lowest BCUT2D eigenvalue weighted by molar-refractivity contribution is -0.118. The van der Waals surface area contributed by atoms with Crippen molar-refractivity contribution in [1.29, 1.82) is 0 Å². The van der Waals surface area contributed by atoms with Crippen molar-refractivity contribution >= 4 is 23.4 Å². The van der Waals surface area contributed by atoms with Crippen molar-refractivity contribution in [3.63, 3.8) is 0 Å². The zero-order valence-electron chi connectivity index (χ0n) is 19.7. The summed E-state index contributed by atoms with van der Waals surface area (Å²) in [4.78, 5) is 23.7. The topological polar surface area (TPSA) is 79.4 Å². The van der Waals surface area contributed by atoms with Crippen LogP contribution in [-0.2, 0) is 22.7 Å². The van der Waals surface area contributed by atoms with Gasteiger partial charge >= 0.3 is 0 Å². The minimum Gasteiger partial charge on any atom is -0.364 e. The first-order valence-corrected chi connectivity index (χ1v) is 11.5. The van der Waals surface area contributed by atoms with E-state index in [1.807, 2.05) is 32.7 Å². The van der Waals surface area contributed by atoms with Crippen molar-refractivity contribution in [2.75, 3.05) is 22.6 Å². The maximum Gasteiger partial charge on any atom is 0.247 e. The molecule has 0 bridgehead atoms. The Hall–Kier alpha value is -3.52. The number of fused-ring (bicyclic) bond motifs is 2. The molecular weight excluding hydrogens is 433 g/mol. The molecule has 2 aliphatic heterocycles. The lowest BCUT2D eigenvalue weighted by atomic mass is 9.97. The molecule has 1 amide bonds. The number of halogens is 1. The molecule has 1 aromatic heterocycles. The number of carbonyl (C=O) groups is 1. The Balaban J connectivity index is 1.33. The number of carbonyl (C=O) groups excluding carboxylic acids is 1. The Bertz CT molecular complexity index is 1240. The molecule has 0 aliphatic carbocycles. The molecule has 8 heteroatoms. The summed E-state index contributed by atoms with van der Waals surface area (Å²) in [6, 6.07) is 12.4. The predicted molar refractivity (Wildman–Crippen MR) is 129 cm³/mol. The van der Waals surface area contributed by atoms with E-state index in [1.54, 1.807) is 12.1 Å². The zero-order valence-corrected chi connectivity index (χ0v) is 19.7. The van der Waals surface area contributed by atoms with Crippen LogP contribution in [0.15, 0.2) is 42.5 Å². The van der Waals surface area contributed by atoms with E-state index in [-0.39, 0.29) is 29.8 Å². The van der Waals surface area contributed by atoms with E-state index in [1.165, 1.54) is 12.1 Å². The van der Waals surface area contributed by atoms with Gasteiger partial charge in [-0.15, -0.1) is 0 Å². The fraction of sp³-hybridized carbons (Fsp3) is 0.346. The first-order chi connectivity index (χ1) is 16.3. The predicted octanol–water partition coefficient (Wildman–Crippen LogP) is 4.57. The van der Waals surface area contributed by atoms with E-state index in [4.69, 9.17) is 9.72 Å². The summed E-state index contributed by atoms with van der Waals surface area (Å²) in [5.74, 6) is 1.10. The highest BCUT2D eigenvalue weighted by atomic mass is 19.1. The SMILES string of the molecule is Cc1nc(NCc2ccc3c(c2)CO[C@@H]3c2ccc(F)cc2)nc2c1NC(=O)C(C(C)C)N2C. The van der Waals surface area contributed by atoms with Crippen LogP contribution in [0.5, 0.6) is 0 Å². The minimum atomic E-state index is -0.277. The third-order valence-electron chi connectivity index (χ3n) is 6.49. The van der Waals surface area contributed by atoms with Gasteiger partial charge in [0.15, 0.2) is 5.82 Å². The van der Waals surface area contributed by atoms with E-state index < -0.39 is 0 Å². The van der Waals surface area contributed by atoms with Gasteiger partial charge in [-0.3, -0.25) is 4.79 Å². The Morgan fingerprint density at radius 3 is 2.71 bits per heavy atom. The van der Waals surface area contributed by atoms with Gasteiger partial charge in [-0.05, 0) is 47.2 Å². The van der Waals surface area contributed by atoms with Gasteiger partial charge in [0, 0.05) is 13.6 Å². The van der Waals surface area contributed by atoms with Crippen LogP contribution in [0, 0.1) is 18.7 Å². The normalized spacial score (nSPS) is 19.1. The van der Waals surface area contributed by atoms with Crippen LogP contribution in [0.3, 0.4) is 0 Å². The number of benzene rings is 2. The van der Waals surface area contributed by atoms with Gasteiger partial charge < -0.3 is 20.3 Å². The van der Waals surface area contributed by atoms with Crippen molar-refractivity contribution in [2.24, 2.45) is 5.92 Å². The third-order valence-corrected chi connectivity index (χ3v) is 6.49. The van der Waals surface area contributed by atoms with Crippen LogP contribution in [-0.4, -0.2) is 29.0 Å². The minimum absolute atomic E-state index is 0.0308. The third kappa shape index (κ3) is 3.98. The standard InChI is InChI=1S/C26H28FN5O2/c1-14(2)22-25(33)30-21-15(3)29-26(31-24(21)32(22)4)28-12-16-5-10-20-18(11-16)13-34-23(20)17-6-8-19(27)9-7-17/h5-11,14,22-23H,12-13H2,1-4H3,(H,30,33)(H,28,29,31)/t22?,23-/m1/s1. The van der Waals surface area contributed by atoms with Gasteiger partial charge in [-0.2, -0.15) is 4.98 Å². The van der Waals surface area contributed by atoms with Gasteiger partial charge in [-0.1, -0.05) is 44.2 Å². The van der Waals surface area contributed by atoms with E-state index in [0.717, 1.165) is 33.8 Å². The lowest BCUT2D eigenvalue weighted by Gasteiger charge is -2.36. The summed E-state index contributed by atoms with van der Waals surface area (Å²) < 4.78 is 19.3. The number of anilines is 3. The van der Waals surface area contributed by atoms with E-state index in [9.17, 15) is 9.18 Å². The summed E-state index contributed by atoms with van der Waals surface area (Å²) in [5, 5.41) is 6.30. The molecule has 5 rings (SSSR count). The summed E-state index contributed by atoms with van der Waals surface area (Å²) in [5.41, 5.74) is 5.64. The van der Waals surface area contributed by atoms with Crippen molar-refractivity contribution in [3.8, 4) is 0 Å². The maximum atomic E-state index is 13.3. The van der Waals surface area contributed by atoms with Gasteiger partial charge in [-0.25, -0.2) is 9.37 Å². The molecule has 2 atom stereocenters. The second-order valence-electron chi connectivity index (χ2n) is 9.25. The Morgan fingerprint density at radius 2 is 1.97 bits per heavy atom. The molecule has 0 saturated heterocycles. The second kappa shape index (κ2) is 8.68. The Morgan fingerprint density at radius 1 is 1.21 bits per heavy atom. The number of ether oxygens (including phenoxy) is 1. The van der Waals surface area contributed by atoms with Crippen LogP contribution in [0.25, 0.3) is 0 Å². The summed E-state index contributed by atoms with van der Waals surface area (Å²) in [6.07, 6.45) is -0.177. The molecule has 34 heavy (non-hydrogen) atoms. The molecule has 2 aromatic carbocycles. The summed E-state index contributed by atoms with van der Waals surface area (Å²) in [7, 11) is 1.90. The maximum absolute atomic E-state index is 13.3. The number of nitrogens with one attached hydrogen (secondary N) is 2. The average molecular weight is 462 g/mol. The van der Waals surface area contributed by atoms with E-state index in [2.05, 4.69) is 33.8 Å². The molecule has 0 saturated carbocycles. The van der Waals surface area contributed by atoms with Gasteiger partial charge in [0.1, 0.15) is 23.7 Å². The molecule has 3 heterocycles. The highest BCUT2D eigenvalue weighted by Crippen LogP contribution is 2.37. The highest BCUT2D eigenvalue weighted by molar-refractivity contribution is 6.03. The molecule has 1 unspecified atom stereocenters. The smallest absolute Gasteiger partial charge is 0.247 e. The first kappa shape index (κ1) is 22.3. The number of likely N-dealkylation sites (N-methyl/N-ethyl adjacent to an activating group) is 1. The average Bonchev–Trinajstić information content (AvgIpc) is 3.22. The molecule has 0 radical (unpaired) electrons. The van der Waals surface area contributed by atoms with Crippen molar-refractivity contribution < 1.29 is 13.9 Å². The van der Waals surface area contributed by atoms with Crippen LogP contribution < -0.4 is 15.5 Å². The quantitative estimate of drug-likeness (QED) is 0.580. The monoisotopic (exact) mass is 461 g/mol. The number of hydrogen-bond acceptors (Lipinski definition) is 6. The fourth-order valence-electron chi connectivity index (χ4n) is 4.80. The summed E-state index contributed by atoms with van der Waals surface area (Å²) >= 11 is 0. The summed E-state index contributed by atoms with van der Waals surface area (Å²) in [6.45, 7) is 6.99. The van der Waals surface area contributed by atoms with Crippen LogP contribution in [0.2, 0.25) is 0 Å². The number of nitrogens with zero attached hydrogens (tertiary/aromatic N) is 3. The van der Waals surface area contributed by atoms with Gasteiger partial charge in [0.05, 0.1) is 12.3 Å². The van der Waals surface area contributed by atoms with Crippen LogP contribution >= 0.6 is 0 Å². The molecule has 2 aliphatic rings. The van der Waals surface area contributed by atoms with Crippen molar-refractivity contribution in [1.82, 2.24) is 9.97 Å². The lowest BCUT2D eigenvalue weighted by Crippen LogP contribution is -2.49. The van der Waals surface area contributed by atoms with Crippen LogP contribution in [0.4, 0.5) is 21.8 Å². The molecule has 7 nitrogen and oxygen atoms in total. The van der Waals surface area contributed by atoms with Gasteiger partial charge in [0.25, 0.3) is 0 Å². The molecule has 176 valence electrons. The van der Waals surface area contributed by atoms with Crippen LogP contribution in [0.1, 0.15) is 47.9 Å². The molecule has 0 fully saturated rings. The molecule has 0 spiro atoms. The molecular formula is C26H28FN5O2. The van der Waals surface area contributed by atoms with Crippen molar-refractivity contribution in [3.05, 3.63) is 76.2 Å². The number of aryl methyl sites for hydroxylation is 1. The largest absolute Gasteiger partial charge is 0.364 e. The highest BCUT2D eigenvalue weighted by Gasteiger charge is 2.35. The number of amides is 1. The van der Waals surface area contributed by atoms with E-state index in [0.29, 0.717) is 24.8 Å². The van der Waals surface area contributed by atoms with E-state index >= 15 is 0 Å². The fourth-order valence-corrected chi connectivity index (χ4v) is 4.80. The Kier molecular flexibility index (Phi) is 5.69. The molecule has 3 aromatic rings.